The fourth-order valence-corrected chi connectivity index (χ4v) is 2.38. The average molecular weight is 294 g/mol. The van der Waals surface area contributed by atoms with Gasteiger partial charge in [-0.25, -0.2) is 0 Å². The van der Waals surface area contributed by atoms with Crippen molar-refractivity contribution in [1.82, 2.24) is 5.32 Å². The quantitative estimate of drug-likeness (QED) is 0.926. The molecule has 1 heterocycles. The maximum absolute atomic E-state index is 5.36. The Morgan fingerprint density at radius 2 is 2.18 bits per heavy atom. The van der Waals surface area contributed by atoms with Crippen molar-refractivity contribution >= 4 is 15.9 Å². The standard InChI is InChI=1S/C14H16BrNO/c1-10-6-12(9-17-10)14(16-2)8-11-4-3-5-13(15)7-11/h3-7,9,14,16H,8H2,1-2H3. The maximum Gasteiger partial charge on any atom is 0.101 e. The van der Waals surface area contributed by atoms with Gasteiger partial charge in [0.05, 0.1) is 6.26 Å². The minimum absolute atomic E-state index is 0.293. The van der Waals surface area contributed by atoms with Gasteiger partial charge in [0.1, 0.15) is 5.76 Å². The first kappa shape index (κ1) is 12.4. The van der Waals surface area contributed by atoms with Gasteiger partial charge in [-0.15, -0.1) is 0 Å². The third-order valence-corrected chi connectivity index (χ3v) is 3.32. The van der Waals surface area contributed by atoms with Crippen molar-refractivity contribution in [3.63, 3.8) is 0 Å². The molecular weight excluding hydrogens is 278 g/mol. The maximum atomic E-state index is 5.36. The molecule has 2 rings (SSSR count). The van der Waals surface area contributed by atoms with E-state index in [1.54, 1.807) is 0 Å². The summed E-state index contributed by atoms with van der Waals surface area (Å²) < 4.78 is 6.48. The third kappa shape index (κ3) is 3.20. The Morgan fingerprint density at radius 3 is 2.76 bits per heavy atom. The summed E-state index contributed by atoms with van der Waals surface area (Å²) in [6, 6.07) is 10.8. The van der Waals surface area contributed by atoms with Crippen LogP contribution in [0.4, 0.5) is 0 Å². The molecule has 0 aliphatic rings. The van der Waals surface area contributed by atoms with E-state index >= 15 is 0 Å². The Kier molecular flexibility index (Phi) is 4.02. The lowest BCUT2D eigenvalue weighted by atomic mass is 10.0. The molecule has 17 heavy (non-hydrogen) atoms. The molecular formula is C14H16BrNO. The number of nitrogens with one attached hydrogen (secondary N) is 1. The number of rotatable bonds is 4. The fourth-order valence-electron chi connectivity index (χ4n) is 1.93. The second kappa shape index (κ2) is 5.52. The minimum Gasteiger partial charge on any atom is -0.469 e. The Hall–Kier alpha value is -1.06. The van der Waals surface area contributed by atoms with Crippen molar-refractivity contribution in [2.45, 2.75) is 19.4 Å². The second-order valence-corrected chi connectivity index (χ2v) is 5.08. The molecule has 0 saturated heterocycles. The number of hydrogen-bond acceptors (Lipinski definition) is 2. The summed E-state index contributed by atoms with van der Waals surface area (Å²) in [5, 5.41) is 3.32. The van der Waals surface area contributed by atoms with Gasteiger partial charge in [0.15, 0.2) is 0 Å². The lowest BCUT2D eigenvalue weighted by Gasteiger charge is -2.14. The highest BCUT2D eigenvalue weighted by Gasteiger charge is 2.12. The van der Waals surface area contributed by atoms with Gasteiger partial charge in [-0.2, -0.15) is 0 Å². The van der Waals surface area contributed by atoms with Gasteiger partial charge >= 0.3 is 0 Å². The normalized spacial score (nSPS) is 12.6. The summed E-state index contributed by atoms with van der Waals surface area (Å²) in [5.41, 5.74) is 2.50. The van der Waals surface area contributed by atoms with Gasteiger partial charge in [0.25, 0.3) is 0 Å². The molecule has 0 saturated carbocycles. The number of hydrogen-bond donors (Lipinski definition) is 1. The van der Waals surface area contributed by atoms with Crippen LogP contribution < -0.4 is 5.32 Å². The van der Waals surface area contributed by atoms with Crippen molar-refractivity contribution in [1.29, 1.82) is 0 Å². The molecule has 1 aromatic carbocycles. The molecule has 3 heteroatoms. The van der Waals surface area contributed by atoms with E-state index < -0.39 is 0 Å². The molecule has 2 aromatic rings. The van der Waals surface area contributed by atoms with Crippen molar-refractivity contribution < 1.29 is 4.42 Å². The smallest absolute Gasteiger partial charge is 0.101 e. The summed E-state index contributed by atoms with van der Waals surface area (Å²) in [4.78, 5) is 0. The third-order valence-electron chi connectivity index (χ3n) is 2.83. The van der Waals surface area contributed by atoms with Crippen molar-refractivity contribution in [2.75, 3.05) is 7.05 Å². The molecule has 90 valence electrons. The summed E-state index contributed by atoms with van der Waals surface area (Å²) in [7, 11) is 1.98. The number of benzene rings is 1. The molecule has 0 fully saturated rings. The van der Waals surface area contributed by atoms with Crippen molar-refractivity contribution in [2.24, 2.45) is 0 Å². The van der Waals surface area contributed by atoms with Crippen molar-refractivity contribution in [3.8, 4) is 0 Å². The van der Waals surface area contributed by atoms with E-state index in [0.29, 0.717) is 6.04 Å². The van der Waals surface area contributed by atoms with Gasteiger partial charge in [0, 0.05) is 16.1 Å². The molecule has 0 spiro atoms. The minimum atomic E-state index is 0.293. The van der Waals surface area contributed by atoms with Crippen LogP contribution in [-0.4, -0.2) is 7.05 Å². The zero-order valence-corrected chi connectivity index (χ0v) is 11.6. The van der Waals surface area contributed by atoms with Gasteiger partial charge < -0.3 is 9.73 Å². The molecule has 0 radical (unpaired) electrons. The van der Waals surface area contributed by atoms with E-state index in [-0.39, 0.29) is 0 Å². The Bertz CT molecular complexity index is 492. The van der Waals surface area contributed by atoms with E-state index in [4.69, 9.17) is 4.42 Å². The van der Waals surface area contributed by atoms with Crippen LogP contribution in [0.2, 0.25) is 0 Å². The van der Waals surface area contributed by atoms with Crippen LogP contribution in [0.5, 0.6) is 0 Å². The Morgan fingerprint density at radius 1 is 1.35 bits per heavy atom. The van der Waals surface area contributed by atoms with Crippen LogP contribution in [0.1, 0.15) is 22.9 Å². The predicted octanol–water partition coefficient (Wildman–Crippen LogP) is 3.85. The van der Waals surface area contributed by atoms with Crippen LogP contribution >= 0.6 is 15.9 Å². The Labute approximate surface area is 110 Å². The van der Waals surface area contributed by atoms with Crippen LogP contribution in [0.25, 0.3) is 0 Å². The summed E-state index contributed by atoms with van der Waals surface area (Å²) >= 11 is 3.50. The van der Waals surface area contributed by atoms with Gasteiger partial charge in [0.2, 0.25) is 0 Å². The zero-order chi connectivity index (χ0) is 12.3. The van der Waals surface area contributed by atoms with E-state index in [0.717, 1.165) is 16.7 Å². The molecule has 0 amide bonds. The monoisotopic (exact) mass is 293 g/mol. The summed E-state index contributed by atoms with van der Waals surface area (Å²) in [6.45, 7) is 1.97. The molecule has 2 nitrogen and oxygen atoms in total. The lowest BCUT2D eigenvalue weighted by Crippen LogP contribution is -2.18. The van der Waals surface area contributed by atoms with Crippen LogP contribution in [0, 0.1) is 6.92 Å². The number of likely N-dealkylation sites (N-methyl/N-ethyl adjacent to an activating group) is 1. The highest BCUT2D eigenvalue weighted by atomic mass is 79.9. The highest BCUT2D eigenvalue weighted by molar-refractivity contribution is 9.10. The van der Waals surface area contributed by atoms with Gasteiger partial charge in [-0.1, -0.05) is 28.1 Å². The first-order chi connectivity index (χ1) is 8.19. The molecule has 0 bridgehead atoms. The van der Waals surface area contributed by atoms with E-state index in [1.807, 2.05) is 26.3 Å². The lowest BCUT2D eigenvalue weighted by molar-refractivity contribution is 0.520. The van der Waals surface area contributed by atoms with Crippen molar-refractivity contribution in [3.05, 3.63) is 58.0 Å². The number of aryl methyl sites for hydroxylation is 1. The van der Waals surface area contributed by atoms with E-state index in [9.17, 15) is 0 Å². The van der Waals surface area contributed by atoms with E-state index in [2.05, 4.69) is 45.5 Å². The first-order valence-electron chi connectivity index (χ1n) is 5.66. The number of furan rings is 1. The first-order valence-corrected chi connectivity index (χ1v) is 6.45. The largest absolute Gasteiger partial charge is 0.469 e. The molecule has 1 N–H and O–H groups in total. The summed E-state index contributed by atoms with van der Waals surface area (Å²) in [6.07, 6.45) is 2.78. The second-order valence-electron chi connectivity index (χ2n) is 4.17. The van der Waals surface area contributed by atoms with Crippen LogP contribution in [0.15, 0.2) is 45.5 Å². The number of halogens is 1. The van der Waals surface area contributed by atoms with Crippen LogP contribution in [-0.2, 0) is 6.42 Å². The fraction of sp³-hybridized carbons (Fsp3) is 0.286. The highest BCUT2D eigenvalue weighted by Crippen LogP contribution is 2.22. The molecule has 0 aliphatic carbocycles. The molecule has 0 aliphatic heterocycles. The van der Waals surface area contributed by atoms with Crippen LogP contribution in [0.3, 0.4) is 0 Å². The summed E-state index contributed by atoms with van der Waals surface area (Å²) in [5.74, 6) is 0.953. The molecule has 1 atom stereocenters. The van der Waals surface area contributed by atoms with Gasteiger partial charge in [-0.05, 0) is 44.2 Å². The SMILES string of the molecule is CNC(Cc1cccc(Br)c1)c1coc(C)c1. The topological polar surface area (TPSA) is 25.2 Å². The Balaban J connectivity index is 2.15. The zero-order valence-electron chi connectivity index (χ0n) is 10.0. The van der Waals surface area contributed by atoms with Gasteiger partial charge in [-0.3, -0.25) is 0 Å². The molecule has 1 aromatic heterocycles. The van der Waals surface area contributed by atoms with E-state index in [1.165, 1.54) is 11.1 Å². The molecule has 1 unspecified atom stereocenters. The average Bonchev–Trinajstić information content (AvgIpc) is 2.73. The predicted molar refractivity (Wildman–Crippen MR) is 73.1 cm³/mol.